The Labute approximate surface area is 238 Å². The summed E-state index contributed by atoms with van der Waals surface area (Å²) >= 11 is 0. The van der Waals surface area contributed by atoms with Crippen molar-refractivity contribution in [3.8, 4) is 17.5 Å². The molecule has 1 aliphatic heterocycles. The Hall–Kier alpha value is -3.83. The fourth-order valence-electron chi connectivity index (χ4n) is 5.63. The van der Waals surface area contributed by atoms with Gasteiger partial charge in [-0.1, -0.05) is 23.3 Å². The van der Waals surface area contributed by atoms with Gasteiger partial charge in [0.25, 0.3) is 0 Å². The van der Waals surface area contributed by atoms with Crippen molar-refractivity contribution in [2.75, 3.05) is 45.9 Å². The Kier molecular flexibility index (Phi) is 9.16. The van der Waals surface area contributed by atoms with Crippen molar-refractivity contribution < 1.29 is 9.53 Å². The topological polar surface area (TPSA) is 96.8 Å². The number of aliphatic imine (C=N–C) groups is 1. The van der Waals surface area contributed by atoms with Gasteiger partial charge in [0.05, 0.1) is 18.6 Å². The summed E-state index contributed by atoms with van der Waals surface area (Å²) in [5, 5.41) is 13.8. The Bertz CT molecular complexity index is 1400. The monoisotopic (exact) mass is 542 g/mol. The second-order valence-corrected chi connectivity index (χ2v) is 11.0. The standard InChI is InChI=1S/C32H42N6O2/c1-7-37(8-2)30(39)32(5,6)25-9-10-28-27(20-25)26(29(36-28)24-18-22(3)17-23(4)19-24)11-12-34-31(35-21-33)38-13-15-40-16-14-38/h9-10,17-20,36H,7-8,11-16H2,1-6H3,(H,34,35). The maximum atomic E-state index is 13.5. The molecule has 0 saturated carbocycles. The normalized spacial score (nSPS) is 14.3. The molecule has 4 rings (SSSR count). The third-order valence-electron chi connectivity index (χ3n) is 7.85. The van der Waals surface area contributed by atoms with Gasteiger partial charge in [-0.15, -0.1) is 4.99 Å². The largest absolute Gasteiger partial charge is 0.378 e. The molecule has 212 valence electrons. The molecule has 1 aliphatic rings. The number of nitrogens with zero attached hydrogens (tertiary/aromatic N) is 4. The van der Waals surface area contributed by atoms with Gasteiger partial charge in [-0.25, -0.2) is 0 Å². The summed E-state index contributed by atoms with van der Waals surface area (Å²) in [4.78, 5) is 25.2. The van der Waals surface area contributed by atoms with E-state index >= 15 is 0 Å². The minimum atomic E-state index is -0.657. The van der Waals surface area contributed by atoms with Gasteiger partial charge in [-0.2, -0.15) is 5.26 Å². The summed E-state index contributed by atoms with van der Waals surface area (Å²) in [6.45, 7) is 16.9. The quantitative estimate of drug-likeness (QED) is 0.240. The number of aromatic nitrogens is 1. The number of carbonyl (C=O) groups is 1. The van der Waals surface area contributed by atoms with Crippen molar-refractivity contribution in [3.05, 3.63) is 58.7 Å². The van der Waals surface area contributed by atoms with Crippen LogP contribution in [0.4, 0.5) is 0 Å². The van der Waals surface area contributed by atoms with Gasteiger partial charge in [0, 0.05) is 49.3 Å². The summed E-state index contributed by atoms with van der Waals surface area (Å²) in [7, 11) is 0. The van der Waals surface area contributed by atoms with E-state index in [9.17, 15) is 10.1 Å². The summed E-state index contributed by atoms with van der Waals surface area (Å²) in [6.07, 6.45) is 2.66. The molecule has 0 spiro atoms. The summed E-state index contributed by atoms with van der Waals surface area (Å²) in [5.41, 5.74) is 7.20. The minimum Gasteiger partial charge on any atom is -0.378 e. The van der Waals surface area contributed by atoms with E-state index in [0.717, 1.165) is 27.7 Å². The molecule has 8 heteroatoms. The van der Waals surface area contributed by atoms with Crippen LogP contribution in [0.2, 0.25) is 0 Å². The number of H-pyrrole nitrogens is 1. The number of likely N-dealkylation sites (N-methyl/N-ethyl adjacent to an activating group) is 1. The molecule has 2 N–H and O–H groups in total. The number of nitrogens with one attached hydrogen (secondary N) is 2. The van der Waals surface area contributed by atoms with Crippen molar-refractivity contribution >= 4 is 22.8 Å². The number of morpholine rings is 1. The van der Waals surface area contributed by atoms with Crippen molar-refractivity contribution in [2.24, 2.45) is 4.99 Å². The maximum Gasteiger partial charge on any atom is 0.232 e. The number of nitriles is 1. The fraction of sp³-hybridized carbons (Fsp3) is 0.469. The zero-order valence-corrected chi connectivity index (χ0v) is 24.7. The number of hydrogen-bond acceptors (Lipinski definition) is 4. The maximum absolute atomic E-state index is 13.5. The number of amides is 1. The van der Waals surface area contributed by atoms with E-state index in [2.05, 4.69) is 70.4 Å². The molecule has 1 fully saturated rings. The molecule has 3 aromatic rings. The highest BCUT2D eigenvalue weighted by atomic mass is 16.5. The third kappa shape index (κ3) is 6.15. The second kappa shape index (κ2) is 12.6. The predicted octanol–water partition coefficient (Wildman–Crippen LogP) is 4.90. The molecule has 8 nitrogen and oxygen atoms in total. The zero-order valence-electron chi connectivity index (χ0n) is 24.7. The number of fused-ring (bicyclic) bond motifs is 1. The van der Waals surface area contributed by atoms with Crippen LogP contribution in [-0.4, -0.2) is 72.6 Å². The van der Waals surface area contributed by atoms with E-state index < -0.39 is 5.41 Å². The van der Waals surface area contributed by atoms with Crippen LogP contribution in [-0.2, 0) is 21.4 Å². The van der Waals surface area contributed by atoms with Crippen LogP contribution < -0.4 is 5.32 Å². The van der Waals surface area contributed by atoms with Crippen LogP contribution in [0.3, 0.4) is 0 Å². The second-order valence-electron chi connectivity index (χ2n) is 11.0. The van der Waals surface area contributed by atoms with Crippen molar-refractivity contribution in [1.82, 2.24) is 20.1 Å². The number of rotatable bonds is 8. The number of ether oxygens (including phenoxy) is 1. The molecule has 1 amide bonds. The molecule has 0 bridgehead atoms. The number of aryl methyl sites for hydroxylation is 2. The van der Waals surface area contributed by atoms with E-state index in [4.69, 9.17) is 4.74 Å². The molecule has 2 heterocycles. The summed E-state index contributed by atoms with van der Waals surface area (Å²) in [6, 6.07) is 12.9. The highest BCUT2D eigenvalue weighted by molar-refractivity contribution is 5.94. The summed E-state index contributed by atoms with van der Waals surface area (Å²) in [5.74, 6) is 0.721. The molecule has 0 unspecified atom stereocenters. The van der Waals surface area contributed by atoms with Gasteiger partial charge >= 0.3 is 0 Å². The van der Waals surface area contributed by atoms with Crippen molar-refractivity contribution in [2.45, 2.75) is 53.4 Å². The zero-order chi connectivity index (χ0) is 28.9. The van der Waals surface area contributed by atoms with Crippen LogP contribution in [0.5, 0.6) is 0 Å². The molecule has 0 radical (unpaired) electrons. The van der Waals surface area contributed by atoms with Crippen molar-refractivity contribution in [1.29, 1.82) is 5.26 Å². The van der Waals surface area contributed by atoms with E-state index in [-0.39, 0.29) is 5.91 Å². The highest BCUT2D eigenvalue weighted by Gasteiger charge is 2.33. The highest BCUT2D eigenvalue weighted by Crippen LogP contribution is 2.35. The van der Waals surface area contributed by atoms with Gasteiger partial charge in [0.2, 0.25) is 18.1 Å². The van der Waals surface area contributed by atoms with Gasteiger partial charge in [-0.05, 0) is 88.9 Å². The van der Waals surface area contributed by atoms with Crippen LogP contribution in [0.25, 0.3) is 22.2 Å². The Morgan fingerprint density at radius 1 is 1.12 bits per heavy atom. The summed E-state index contributed by atoms with van der Waals surface area (Å²) < 4.78 is 5.47. The first-order valence-electron chi connectivity index (χ1n) is 14.3. The lowest BCUT2D eigenvalue weighted by molar-refractivity contribution is -0.135. The van der Waals surface area contributed by atoms with E-state index in [0.29, 0.717) is 58.3 Å². The number of hydrogen-bond donors (Lipinski definition) is 2. The van der Waals surface area contributed by atoms with Crippen LogP contribution in [0.1, 0.15) is 49.9 Å². The third-order valence-corrected chi connectivity index (χ3v) is 7.85. The molecule has 0 atom stereocenters. The molecule has 2 aromatic carbocycles. The van der Waals surface area contributed by atoms with Crippen LogP contribution in [0.15, 0.2) is 41.4 Å². The molecule has 1 saturated heterocycles. The number of benzene rings is 2. The number of guanidine groups is 1. The lowest BCUT2D eigenvalue weighted by atomic mass is 9.82. The van der Waals surface area contributed by atoms with Crippen molar-refractivity contribution in [3.63, 3.8) is 0 Å². The minimum absolute atomic E-state index is 0.132. The van der Waals surface area contributed by atoms with E-state index in [1.54, 1.807) is 0 Å². The lowest BCUT2D eigenvalue weighted by Gasteiger charge is -2.31. The first kappa shape index (κ1) is 29.2. The van der Waals surface area contributed by atoms with E-state index in [1.165, 1.54) is 16.7 Å². The number of carbonyl (C=O) groups excluding carboxylic acids is 1. The fourth-order valence-corrected chi connectivity index (χ4v) is 5.63. The van der Waals surface area contributed by atoms with Gasteiger partial charge in [-0.3, -0.25) is 4.79 Å². The molecule has 40 heavy (non-hydrogen) atoms. The van der Waals surface area contributed by atoms with Gasteiger partial charge < -0.3 is 24.8 Å². The Morgan fingerprint density at radius 3 is 2.42 bits per heavy atom. The molecule has 0 aliphatic carbocycles. The number of aromatic amines is 1. The predicted molar refractivity (Wildman–Crippen MR) is 161 cm³/mol. The molecular formula is C32H42N6O2. The Morgan fingerprint density at radius 2 is 1.80 bits per heavy atom. The van der Waals surface area contributed by atoms with Gasteiger partial charge in [0.15, 0.2) is 0 Å². The lowest BCUT2D eigenvalue weighted by Crippen LogP contribution is -2.47. The van der Waals surface area contributed by atoms with Crippen LogP contribution >= 0.6 is 0 Å². The first-order valence-corrected chi connectivity index (χ1v) is 14.3. The molecular weight excluding hydrogens is 500 g/mol. The average Bonchev–Trinajstić information content (AvgIpc) is 3.31. The van der Waals surface area contributed by atoms with Gasteiger partial charge in [0.1, 0.15) is 0 Å². The SMILES string of the molecule is CCN(CC)C(=O)C(C)(C)c1ccc2[nH]c(-c3cc(C)cc(C)c3)c(CCN/C(=N/C#N)N3CCOCC3)c2c1. The average molecular weight is 543 g/mol. The molecule has 1 aromatic heterocycles. The van der Waals surface area contributed by atoms with Crippen LogP contribution in [0, 0.1) is 25.3 Å². The first-order chi connectivity index (χ1) is 19.2. The Balaban J connectivity index is 1.74. The van der Waals surface area contributed by atoms with E-state index in [1.807, 2.05) is 38.8 Å². The smallest absolute Gasteiger partial charge is 0.232 e.